The van der Waals surface area contributed by atoms with Gasteiger partial charge in [-0.25, -0.2) is 4.52 Å². The van der Waals surface area contributed by atoms with Crippen LogP contribution in [-0.2, 0) is 44.6 Å². The Morgan fingerprint density at radius 3 is 2.02 bits per heavy atom. The van der Waals surface area contributed by atoms with Crippen LogP contribution in [-0.4, -0.2) is 44.1 Å². The molecule has 4 atom stereocenters. The highest BCUT2D eigenvalue weighted by Crippen LogP contribution is 2.50. The van der Waals surface area contributed by atoms with Crippen molar-refractivity contribution in [1.29, 1.82) is 0 Å². The zero-order valence-electron chi connectivity index (χ0n) is 23.9. The molecule has 222 valence electrons. The fourth-order valence-electron chi connectivity index (χ4n) is 5.56. The molecule has 0 spiro atoms. The topological polar surface area (TPSA) is 139 Å². The Bertz CT molecular complexity index is 1650. The molecule has 1 fully saturated rings. The van der Waals surface area contributed by atoms with Crippen molar-refractivity contribution >= 4 is 17.3 Å². The van der Waals surface area contributed by atoms with Gasteiger partial charge in [0, 0.05) is 0 Å². The van der Waals surface area contributed by atoms with Crippen molar-refractivity contribution in [2.75, 3.05) is 18.1 Å². The summed E-state index contributed by atoms with van der Waals surface area (Å²) in [5, 5.41) is 17.0. The summed E-state index contributed by atoms with van der Waals surface area (Å²) < 4.78 is 27.4. The molecule has 43 heavy (non-hydrogen) atoms. The van der Waals surface area contributed by atoms with E-state index in [0.29, 0.717) is 12.1 Å². The van der Waals surface area contributed by atoms with Gasteiger partial charge in [0.2, 0.25) is 11.7 Å². The van der Waals surface area contributed by atoms with Crippen LogP contribution in [0.1, 0.15) is 29.3 Å². The molecule has 6 rings (SSSR count). The molecule has 3 heterocycles. The van der Waals surface area contributed by atoms with E-state index in [1.807, 2.05) is 91.0 Å². The van der Waals surface area contributed by atoms with E-state index < -0.39 is 23.6 Å². The fourth-order valence-corrected chi connectivity index (χ4v) is 5.56. The van der Waals surface area contributed by atoms with Gasteiger partial charge in [0.15, 0.2) is 11.4 Å². The molecule has 0 unspecified atom stereocenters. The second kappa shape index (κ2) is 12.1. The number of anilines is 2. The van der Waals surface area contributed by atoms with Gasteiger partial charge in [0.25, 0.3) is 0 Å². The van der Waals surface area contributed by atoms with E-state index in [1.165, 1.54) is 4.52 Å². The van der Waals surface area contributed by atoms with Crippen molar-refractivity contribution in [2.24, 2.45) is 0 Å². The summed E-state index contributed by atoms with van der Waals surface area (Å²) in [6.07, 6.45) is -1.49. The van der Waals surface area contributed by atoms with Crippen LogP contribution in [0.15, 0.2) is 103 Å². The Hall–Kier alpha value is -4.32. The number of hydrogen-bond donors (Lipinski definition) is 3. The van der Waals surface area contributed by atoms with Crippen molar-refractivity contribution in [3.05, 3.63) is 126 Å². The van der Waals surface area contributed by atoms with Crippen molar-refractivity contribution in [1.82, 2.24) is 14.6 Å². The van der Waals surface area contributed by atoms with Crippen molar-refractivity contribution in [3.8, 4) is 0 Å². The summed E-state index contributed by atoms with van der Waals surface area (Å²) >= 11 is 0. The molecule has 5 aromatic rings. The minimum absolute atomic E-state index is 0.0458. The lowest BCUT2D eigenvalue weighted by atomic mass is 9.87. The molecule has 0 amide bonds. The summed E-state index contributed by atoms with van der Waals surface area (Å²) in [7, 11) is 0. The Kier molecular flexibility index (Phi) is 8.11. The van der Waals surface area contributed by atoms with Crippen LogP contribution in [0.25, 0.3) is 5.52 Å². The van der Waals surface area contributed by atoms with E-state index in [-0.39, 0.29) is 37.3 Å². The molecule has 5 N–H and O–H groups in total. The molecular weight excluding hydrogens is 546 g/mol. The van der Waals surface area contributed by atoms with Crippen LogP contribution in [0.3, 0.4) is 0 Å². The minimum atomic E-state index is -2.05. The highest BCUT2D eigenvalue weighted by Gasteiger charge is 2.67. The van der Waals surface area contributed by atoms with E-state index >= 15 is 0 Å². The summed E-state index contributed by atoms with van der Waals surface area (Å²) in [5.74, 6) is -1.92. The summed E-state index contributed by atoms with van der Waals surface area (Å²) in [5.41, 5.74) is 14.3. The first-order chi connectivity index (χ1) is 20.9. The molecule has 1 saturated heterocycles. The van der Waals surface area contributed by atoms with Gasteiger partial charge < -0.3 is 35.5 Å². The molecule has 0 saturated carbocycles. The van der Waals surface area contributed by atoms with Crippen molar-refractivity contribution < 1.29 is 24.1 Å². The first-order valence-electron chi connectivity index (χ1n) is 14.1. The first kappa shape index (κ1) is 28.8. The summed E-state index contributed by atoms with van der Waals surface area (Å²) in [4.78, 5) is 4.06. The monoisotopic (exact) mass is 581 g/mol. The molecule has 10 heteroatoms. The number of aromatic nitrogens is 3. The zero-order valence-corrected chi connectivity index (χ0v) is 23.9. The number of nitrogens with two attached hydrogens (primary N) is 2. The number of ether oxygens (including phenoxy) is 4. The largest absolute Gasteiger partial charge is 0.382 e. The molecule has 0 bridgehead atoms. The lowest BCUT2D eigenvalue weighted by Crippen LogP contribution is -2.55. The average Bonchev–Trinajstić information content (AvgIpc) is 3.54. The van der Waals surface area contributed by atoms with Crippen LogP contribution in [0.2, 0.25) is 0 Å². The molecule has 1 aliphatic rings. The number of nitrogen functional groups attached to an aromatic ring is 2. The predicted octanol–water partition coefficient (Wildman–Crippen LogP) is 4.22. The minimum Gasteiger partial charge on any atom is -0.382 e. The van der Waals surface area contributed by atoms with Gasteiger partial charge in [-0.15, -0.1) is 5.10 Å². The first-order valence-corrected chi connectivity index (χ1v) is 14.1. The van der Waals surface area contributed by atoms with Gasteiger partial charge in [-0.3, -0.25) is 0 Å². The number of aliphatic hydroxyl groups is 1. The molecule has 3 aromatic carbocycles. The lowest BCUT2D eigenvalue weighted by Gasteiger charge is -2.40. The summed E-state index contributed by atoms with van der Waals surface area (Å²) in [6, 6.07) is 32.8. The van der Waals surface area contributed by atoms with E-state index in [2.05, 4.69) is 10.1 Å². The Morgan fingerprint density at radius 1 is 0.814 bits per heavy atom. The van der Waals surface area contributed by atoms with E-state index in [4.69, 9.17) is 30.4 Å². The summed E-state index contributed by atoms with van der Waals surface area (Å²) in [6.45, 7) is 2.73. The lowest BCUT2D eigenvalue weighted by molar-refractivity contribution is -0.294. The smallest absolute Gasteiger partial charge is 0.243 e. The number of nitrogens with zero attached hydrogens (tertiary/aromatic N) is 3. The molecular formula is C33H35N5O5. The van der Waals surface area contributed by atoms with E-state index in [9.17, 15) is 5.11 Å². The third-order valence-corrected chi connectivity index (χ3v) is 7.83. The third kappa shape index (κ3) is 5.71. The highest BCUT2D eigenvalue weighted by molar-refractivity contribution is 5.67. The quantitative estimate of drug-likeness (QED) is 0.209. The standard InChI is InChI=1S/C33H35N5O5/c1-32(42-21-25-15-9-4-10-16-25)29(41-20-24-13-7-3-8-14-24)27(22-40-19-23-11-5-2-6-12-23)43-33(32,39)28-18-17-26-30(34)36-31(35)37-38(26)28/h2-18,27,29,39H,19-22H2,1H3,(H4,34,35,36,37)/t27-,29-,32-,33+/m1/s1. The second-order valence-electron chi connectivity index (χ2n) is 10.8. The van der Waals surface area contributed by atoms with Gasteiger partial charge in [0.05, 0.1) is 26.4 Å². The molecule has 0 aliphatic carbocycles. The number of fused-ring (bicyclic) bond motifs is 1. The average molecular weight is 582 g/mol. The molecule has 1 aliphatic heterocycles. The molecule has 10 nitrogen and oxygen atoms in total. The number of hydrogen-bond acceptors (Lipinski definition) is 9. The van der Waals surface area contributed by atoms with E-state index in [0.717, 1.165) is 16.7 Å². The Morgan fingerprint density at radius 2 is 1.40 bits per heavy atom. The van der Waals surface area contributed by atoms with Gasteiger partial charge in [-0.05, 0) is 35.7 Å². The maximum absolute atomic E-state index is 12.6. The molecule has 2 aromatic heterocycles. The normalized spacial score (nSPS) is 23.6. The van der Waals surface area contributed by atoms with E-state index in [1.54, 1.807) is 19.1 Å². The number of benzene rings is 3. The van der Waals surface area contributed by atoms with Crippen molar-refractivity contribution in [2.45, 2.75) is 50.3 Å². The Balaban J connectivity index is 1.39. The predicted molar refractivity (Wildman–Crippen MR) is 161 cm³/mol. The maximum atomic E-state index is 12.6. The maximum Gasteiger partial charge on any atom is 0.243 e. The van der Waals surface area contributed by atoms with Gasteiger partial charge in [-0.2, -0.15) is 4.98 Å². The van der Waals surface area contributed by atoms with Gasteiger partial charge in [0.1, 0.15) is 23.4 Å². The second-order valence-corrected chi connectivity index (χ2v) is 10.8. The van der Waals surface area contributed by atoms with Crippen LogP contribution >= 0.6 is 0 Å². The Labute approximate surface area is 249 Å². The van der Waals surface area contributed by atoms with Crippen LogP contribution in [0.5, 0.6) is 0 Å². The van der Waals surface area contributed by atoms with Gasteiger partial charge >= 0.3 is 0 Å². The van der Waals surface area contributed by atoms with Crippen LogP contribution in [0, 0.1) is 0 Å². The third-order valence-electron chi connectivity index (χ3n) is 7.83. The van der Waals surface area contributed by atoms with Crippen LogP contribution < -0.4 is 11.5 Å². The number of rotatable bonds is 11. The van der Waals surface area contributed by atoms with Crippen LogP contribution in [0.4, 0.5) is 11.8 Å². The fraction of sp³-hybridized carbons (Fsp3) is 0.273. The SMILES string of the molecule is C[C@@]1(OCc2ccccc2)[C@H](OCc2ccccc2)[C@@H](COCc2ccccc2)O[C@@]1(O)c1ccc2c(N)nc(N)nn12. The molecule has 0 radical (unpaired) electrons. The van der Waals surface area contributed by atoms with Gasteiger partial charge in [-0.1, -0.05) is 91.0 Å². The van der Waals surface area contributed by atoms with Crippen molar-refractivity contribution in [3.63, 3.8) is 0 Å². The highest BCUT2D eigenvalue weighted by atomic mass is 16.7. The zero-order chi connectivity index (χ0) is 29.9.